The lowest BCUT2D eigenvalue weighted by Crippen LogP contribution is -2.05. The Morgan fingerprint density at radius 3 is 1.60 bits per heavy atom. The van der Waals surface area contributed by atoms with Crippen LogP contribution in [0.3, 0.4) is 0 Å². The summed E-state index contributed by atoms with van der Waals surface area (Å²) in [6, 6.07) is 63.4. The van der Waals surface area contributed by atoms with Crippen LogP contribution >= 0.6 is 0 Å². The molecule has 11 aromatic rings. The summed E-state index contributed by atoms with van der Waals surface area (Å²) in [6.07, 6.45) is 0. The van der Waals surface area contributed by atoms with Crippen molar-refractivity contribution in [3.05, 3.63) is 182 Å². The highest BCUT2D eigenvalue weighted by Gasteiger charge is 2.27. The smallest absolute Gasteiger partial charge is 0.235 e. The van der Waals surface area contributed by atoms with Crippen molar-refractivity contribution in [3.63, 3.8) is 0 Å². The molecule has 4 heterocycles. The highest BCUT2D eigenvalue weighted by molar-refractivity contribution is 6.23. The number of para-hydroxylation sites is 4. The lowest BCUT2D eigenvalue weighted by molar-refractivity contribution is 1.01. The summed E-state index contributed by atoms with van der Waals surface area (Å²) in [5, 5.41) is 4.36. The monoisotopic (exact) mass is 678 g/mol. The van der Waals surface area contributed by atoms with Gasteiger partial charge in [-0.05, 0) is 42.5 Å². The van der Waals surface area contributed by atoms with E-state index in [0.717, 1.165) is 88.8 Å². The van der Waals surface area contributed by atoms with Crippen LogP contribution in [0.15, 0.2) is 182 Å². The summed E-state index contributed by atoms with van der Waals surface area (Å²) >= 11 is 0. The fraction of sp³-hybridized carbons (Fsp3) is 0. The zero-order valence-electron chi connectivity index (χ0n) is 28.5. The molecule has 6 heteroatoms. The molecule has 0 saturated carbocycles. The van der Waals surface area contributed by atoms with Gasteiger partial charge in [0.2, 0.25) is 5.95 Å². The second-order valence-corrected chi connectivity index (χ2v) is 13.3. The number of nitrogens with zero attached hydrogens (tertiary/aromatic N) is 6. The topological polar surface area (TPSA) is 53.5 Å². The van der Waals surface area contributed by atoms with Crippen LogP contribution in [-0.2, 0) is 0 Å². The molecule has 0 radical (unpaired) electrons. The van der Waals surface area contributed by atoms with Crippen LogP contribution in [0, 0.1) is 0 Å². The van der Waals surface area contributed by atoms with Gasteiger partial charge in [0.25, 0.3) is 0 Å². The van der Waals surface area contributed by atoms with E-state index in [0.29, 0.717) is 5.95 Å². The Balaban J connectivity index is 1.35. The first kappa shape index (κ1) is 29.4. The summed E-state index contributed by atoms with van der Waals surface area (Å²) in [7, 11) is 0. The van der Waals surface area contributed by atoms with Crippen molar-refractivity contribution in [2.24, 2.45) is 0 Å². The third-order valence-corrected chi connectivity index (χ3v) is 10.3. The highest BCUT2D eigenvalue weighted by Crippen LogP contribution is 2.43. The Hall–Kier alpha value is -7.31. The molecule has 11 rings (SSSR count). The van der Waals surface area contributed by atoms with Crippen LogP contribution in [0.25, 0.3) is 94.7 Å². The minimum absolute atomic E-state index is 0.621. The van der Waals surface area contributed by atoms with Gasteiger partial charge in [0.05, 0.1) is 27.8 Å². The maximum atomic E-state index is 5.52. The Labute approximate surface area is 304 Å². The van der Waals surface area contributed by atoms with E-state index in [1.165, 1.54) is 0 Å². The minimum Gasteiger partial charge on any atom is -0.290 e. The summed E-state index contributed by atoms with van der Waals surface area (Å²) in [5.41, 5.74) is 11.0. The molecule has 0 fully saturated rings. The molecule has 0 amide bonds. The largest absolute Gasteiger partial charge is 0.290 e. The van der Waals surface area contributed by atoms with E-state index in [-0.39, 0.29) is 0 Å². The molecule has 0 aliphatic carbocycles. The van der Waals surface area contributed by atoms with Crippen LogP contribution in [-0.4, -0.2) is 28.7 Å². The van der Waals surface area contributed by atoms with Crippen molar-refractivity contribution >= 4 is 54.8 Å². The minimum atomic E-state index is 0.621. The van der Waals surface area contributed by atoms with E-state index < -0.39 is 0 Å². The second-order valence-electron chi connectivity index (χ2n) is 13.3. The highest BCUT2D eigenvalue weighted by atomic mass is 15.2. The van der Waals surface area contributed by atoms with Gasteiger partial charge in [-0.1, -0.05) is 140 Å². The van der Waals surface area contributed by atoms with Gasteiger partial charge in [0, 0.05) is 44.0 Å². The van der Waals surface area contributed by atoms with Crippen LogP contribution < -0.4 is 0 Å². The van der Waals surface area contributed by atoms with Crippen LogP contribution in [0.2, 0.25) is 0 Å². The van der Waals surface area contributed by atoms with E-state index in [9.17, 15) is 0 Å². The zero-order chi connectivity index (χ0) is 34.9. The average Bonchev–Trinajstić information content (AvgIpc) is 3.89. The van der Waals surface area contributed by atoms with Gasteiger partial charge in [-0.2, -0.15) is 0 Å². The number of hydrogen-bond acceptors (Lipinski definition) is 3. The van der Waals surface area contributed by atoms with Crippen LogP contribution in [0.1, 0.15) is 0 Å². The molecule has 0 aliphatic heterocycles. The molecule has 0 atom stereocenters. The first-order valence-corrected chi connectivity index (χ1v) is 17.8. The second kappa shape index (κ2) is 11.6. The molecule has 4 aromatic heterocycles. The van der Waals surface area contributed by atoms with E-state index >= 15 is 0 Å². The van der Waals surface area contributed by atoms with Gasteiger partial charge in [0.15, 0.2) is 5.65 Å². The normalized spacial score (nSPS) is 11.8. The maximum Gasteiger partial charge on any atom is 0.235 e. The Morgan fingerprint density at radius 1 is 0.340 bits per heavy atom. The number of benzene rings is 7. The predicted octanol–water partition coefficient (Wildman–Crippen LogP) is 11.3. The summed E-state index contributed by atoms with van der Waals surface area (Å²) in [5.74, 6) is 1.51. The Bertz CT molecular complexity index is 3140. The van der Waals surface area contributed by atoms with Gasteiger partial charge >= 0.3 is 0 Å². The van der Waals surface area contributed by atoms with E-state index in [1.54, 1.807) is 0 Å². The molecule has 0 aliphatic rings. The average molecular weight is 679 g/mol. The molecule has 0 saturated heterocycles. The lowest BCUT2D eigenvalue weighted by Gasteiger charge is -2.14. The van der Waals surface area contributed by atoms with Crippen molar-refractivity contribution in [2.45, 2.75) is 0 Å². The number of imidazole rings is 1. The lowest BCUT2D eigenvalue weighted by atomic mass is 10.1. The van der Waals surface area contributed by atoms with Crippen molar-refractivity contribution in [1.29, 1.82) is 0 Å². The summed E-state index contributed by atoms with van der Waals surface area (Å²) < 4.78 is 6.90. The fourth-order valence-corrected chi connectivity index (χ4v) is 8.00. The Morgan fingerprint density at radius 2 is 0.887 bits per heavy atom. The summed E-state index contributed by atoms with van der Waals surface area (Å²) in [6.45, 7) is 0. The standard InChI is InChI=1S/C47H30N6/c1-5-17-31(18-6-1)41-37-26-13-15-27-39(37)48-47(49-41)53-40-28-16-14-25-35(40)36-29-30-38-43(42(36)53)51(33-21-9-3-10-22-33)46-44(38)52(34-23-11-4-12-24-34)45(50-46)32-19-7-2-8-20-32/h1-30H. The molecule has 6 nitrogen and oxygen atoms in total. The first-order valence-electron chi connectivity index (χ1n) is 17.8. The maximum absolute atomic E-state index is 5.52. The van der Waals surface area contributed by atoms with Gasteiger partial charge in [0.1, 0.15) is 11.3 Å². The molecule has 0 spiro atoms. The molecule has 53 heavy (non-hydrogen) atoms. The molecular formula is C47H30N6. The Kier molecular flexibility index (Phi) is 6.45. The van der Waals surface area contributed by atoms with Crippen molar-refractivity contribution in [3.8, 4) is 40.0 Å². The summed E-state index contributed by atoms with van der Waals surface area (Å²) in [4.78, 5) is 16.2. The third kappa shape index (κ3) is 4.42. The quantitative estimate of drug-likeness (QED) is 0.182. The van der Waals surface area contributed by atoms with Crippen molar-refractivity contribution in [1.82, 2.24) is 28.7 Å². The van der Waals surface area contributed by atoms with E-state index in [4.69, 9.17) is 15.0 Å². The molecular weight excluding hydrogens is 649 g/mol. The van der Waals surface area contributed by atoms with E-state index in [2.05, 4.69) is 177 Å². The molecule has 0 N–H and O–H groups in total. The van der Waals surface area contributed by atoms with Crippen LogP contribution in [0.5, 0.6) is 0 Å². The zero-order valence-corrected chi connectivity index (χ0v) is 28.5. The predicted molar refractivity (Wildman–Crippen MR) is 216 cm³/mol. The van der Waals surface area contributed by atoms with E-state index in [1.807, 2.05) is 18.2 Å². The van der Waals surface area contributed by atoms with Gasteiger partial charge < -0.3 is 0 Å². The third-order valence-electron chi connectivity index (χ3n) is 10.3. The first-order chi connectivity index (χ1) is 26.3. The van der Waals surface area contributed by atoms with Crippen LogP contribution in [0.4, 0.5) is 0 Å². The number of rotatable bonds is 5. The molecule has 7 aromatic carbocycles. The van der Waals surface area contributed by atoms with Gasteiger partial charge in [-0.25, -0.2) is 15.0 Å². The number of fused-ring (bicyclic) bond motifs is 8. The van der Waals surface area contributed by atoms with Gasteiger partial charge in [-0.3, -0.25) is 13.7 Å². The van der Waals surface area contributed by atoms with Crippen molar-refractivity contribution < 1.29 is 0 Å². The van der Waals surface area contributed by atoms with Crippen molar-refractivity contribution in [2.75, 3.05) is 0 Å². The number of aromatic nitrogens is 6. The SMILES string of the molecule is c1ccc(-c2nc(-n3c4ccccc4c4ccc5c6c(nc(-c7ccccc7)n6-c6ccccc6)n(-c6ccccc6)c5c43)nc3ccccc23)cc1. The number of hydrogen-bond donors (Lipinski definition) is 0. The molecule has 0 bridgehead atoms. The molecule has 248 valence electrons. The fourth-order valence-electron chi connectivity index (χ4n) is 8.00. The van der Waals surface area contributed by atoms with Gasteiger partial charge in [-0.15, -0.1) is 0 Å². The molecule has 0 unspecified atom stereocenters.